The Kier molecular flexibility index (Phi) is 1.88. The van der Waals surface area contributed by atoms with Gasteiger partial charge >= 0.3 is 0 Å². The summed E-state index contributed by atoms with van der Waals surface area (Å²) >= 11 is 5.13. The molecule has 2 rings (SSSR count). The van der Waals surface area contributed by atoms with E-state index in [0.29, 0.717) is 4.64 Å². The minimum atomic E-state index is 0.664. The van der Waals surface area contributed by atoms with Crippen molar-refractivity contribution in [2.75, 3.05) is 0 Å². The molecular formula is C10H10N2S. The molecule has 0 amide bonds. The summed E-state index contributed by atoms with van der Waals surface area (Å²) in [6, 6.07) is 4.09. The van der Waals surface area contributed by atoms with Gasteiger partial charge in [-0.2, -0.15) is 0 Å². The third-order valence-electron chi connectivity index (χ3n) is 2.36. The van der Waals surface area contributed by atoms with Gasteiger partial charge in [-0.3, -0.25) is 0 Å². The van der Waals surface area contributed by atoms with Crippen molar-refractivity contribution in [1.29, 1.82) is 0 Å². The van der Waals surface area contributed by atoms with E-state index in [1.165, 1.54) is 11.1 Å². The van der Waals surface area contributed by atoms with Crippen LogP contribution >= 0.6 is 12.2 Å². The van der Waals surface area contributed by atoms with Gasteiger partial charge in [0, 0.05) is 5.39 Å². The van der Waals surface area contributed by atoms with Crippen LogP contribution in [0.2, 0.25) is 0 Å². The fraction of sp³-hybridized carbons (Fsp3) is 0.200. The Bertz CT molecular complexity index is 514. The Labute approximate surface area is 81.6 Å². The zero-order valence-corrected chi connectivity index (χ0v) is 8.40. The van der Waals surface area contributed by atoms with Crippen molar-refractivity contribution in [3.8, 4) is 0 Å². The van der Waals surface area contributed by atoms with Gasteiger partial charge < -0.3 is 4.98 Å². The normalized spacial score (nSPS) is 10.6. The molecule has 0 atom stereocenters. The number of nitrogens with one attached hydrogen (secondary N) is 1. The molecule has 1 heterocycles. The molecule has 1 aromatic carbocycles. The second kappa shape index (κ2) is 2.92. The second-order valence-electron chi connectivity index (χ2n) is 3.14. The molecule has 0 unspecified atom stereocenters. The predicted molar refractivity (Wildman–Crippen MR) is 56.4 cm³/mol. The van der Waals surface area contributed by atoms with Crippen molar-refractivity contribution < 1.29 is 0 Å². The lowest BCUT2D eigenvalue weighted by Crippen LogP contribution is -1.89. The smallest absolute Gasteiger partial charge is 0.137 e. The first kappa shape index (κ1) is 8.38. The van der Waals surface area contributed by atoms with E-state index in [4.69, 9.17) is 12.2 Å². The number of aryl methyl sites for hydroxylation is 2. The van der Waals surface area contributed by atoms with Crippen LogP contribution in [0, 0.1) is 18.5 Å². The lowest BCUT2D eigenvalue weighted by atomic mass is 10.1. The maximum atomic E-state index is 5.13. The van der Waals surface area contributed by atoms with Crippen molar-refractivity contribution in [3.63, 3.8) is 0 Å². The first-order valence-electron chi connectivity index (χ1n) is 4.14. The number of nitrogens with zero attached hydrogens (tertiary/aromatic N) is 1. The standard InChI is InChI=1S/C10H10N2S/c1-6-3-4-8-9(7(6)2)11-5-12-10(8)13/h3-5H,1-2H3,(H,11,12,13). The van der Waals surface area contributed by atoms with Gasteiger partial charge in [0.05, 0.1) is 11.8 Å². The summed E-state index contributed by atoms with van der Waals surface area (Å²) in [6.07, 6.45) is 1.65. The molecule has 0 spiro atoms. The van der Waals surface area contributed by atoms with E-state index in [2.05, 4.69) is 29.9 Å². The van der Waals surface area contributed by atoms with Crippen molar-refractivity contribution in [3.05, 3.63) is 34.2 Å². The number of rotatable bonds is 0. The van der Waals surface area contributed by atoms with Crippen LogP contribution < -0.4 is 0 Å². The fourth-order valence-corrected chi connectivity index (χ4v) is 1.63. The van der Waals surface area contributed by atoms with Crippen molar-refractivity contribution in [2.24, 2.45) is 0 Å². The van der Waals surface area contributed by atoms with E-state index < -0.39 is 0 Å². The number of benzene rings is 1. The molecule has 1 aromatic heterocycles. The van der Waals surface area contributed by atoms with Crippen LogP contribution in [0.25, 0.3) is 10.9 Å². The number of fused-ring (bicyclic) bond motifs is 1. The van der Waals surface area contributed by atoms with Crippen LogP contribution in [-0.4, -0.2) is 9.97 Å². The summed E-state index contributed by atoms with van der Waals surface area (Å²) in [5, 5.41) is 1.03. The molecule has 0 saturated carbocycles. The third-order valence-corrected chi connectivity index (χ3v) is 2.68. The average Bonchev–Trinajstić information content (AvgIpc) is 2.12. The Hall–Kier alpha value is -1.22. The van der Waals surface area contributed by atoms with Crippen LogP contribution in [-0.2, 0) is 0 Å². The molecule has 66 valence electrons. The largest absolute Gasteiger partial charge is 0.346 e. The molecule has 13 heavy (non-hydrogen) atoms. The van der Waals surface area contributed by atoms with Gasteiger partial charge in [0.1, 0.15) is 4.64 Å². The highest BCUT2D eigenvalue weighted by atomic mass is 32.1. The van der Waals surface area contributed by atoms with E-state index in [-0.39, 0.29) is 0 Å². The van der Waals surface area contributed by atoms with E-state index in [0.717, 1.165) is 10.9 Å². The minimum absolute atomic E-state index is 0.664. The highest BCUT2D eigenvalue weighted by Gasteiger charge is 2.00. The summed E-state index contributed by atoms with van der Waals surface area (Å²) in [6.45, 7) is 4.18. The van der Waals surface area contributed by atoms with E-state index in [9.17, 15) is 0 Å². The quantitative estimate of drug-likeness (QED) is 0.647. The van der Waals surface area contributed by atoms with Crippen molar-refractivity contribution >= 4 is 23.1 Å². The first-order chi connectivity index (χ1) is 6.20. The number of aromatic amines is 1. The highest BCUT2D eigenvalue weighted by molar-refractivity contribution is 7.71. The monoisotopic (exact) mass is 190 g/mol. The average molecular weight is 190 g/mol. The Balaban J connectivity index is 3.03. The molecule has 2 nitrogen and oxygen atoms in total. The van der Waals surface area contributed by atoms with Gasteiger partial charge in [-0.05, 0) is 31.0 Å². The number of aromatic nitrogens is 2. The second-order valence-corrected chi connectivity index (χ2v) is 3.52. The molecule has 0 saturated heterocycles. The van der Waals surface area contributed by atoms with Crippen LogP contribution in [0.5, 0.6) is 0 Å². The number of hydrogen-bond donors (Lipinski definition) is 1. The van der Waals surface area contributed by atoms with Gasteiger partial charge in [0.25, 0.3) is 0 Å². The Morgan fingerprint density at radius 1 is 1.31 bits per heavy atom. The van der Waals surface area contributed by atoms with Crippen LogP contribution in [0.15, 0.2) is 18.5 Å². The van der Waals surface area contributed by atoms with E-state index in [1.54, 1.807) is 6.33 Å². The molecule has 2 aromatic rings. The molecule has 0 aliphatic carbocycles. The van der Waals surface area contributed by atoms with Gasteiger partial charge in [0.2, 0.25) is 0 Å². The van der Waals surface area contributed by atoms with Crippen molar-refractivity contribution in [1.82, 2.24) is 9.97 Å². The molecule has 0 bridgehead atoms. The molecule has 0 aliphatic heterocycles. The van der Waals surface area contributed by atoms with Crippen LogP contribution in [0.1, 0.15) is 11.1 Å². The summed E-state index contributed by atoms with van der Waals surface area (Å²) in [5.41, 5.74) is 3.61. The van der Waals surface area contributed by atoms with Crippen molar-refractivity contribution in [2.45, 2.75) is 13.8 Å². The minimum Gasteiger partial charge on any atom is -0.346 e. The van der Waals surface area contributed by atoms with Crippen LogP contribution in [0.4, 0.5) is 0 Å². The molecule has 0 aliphatic rings. The maximum absolute atomic E-state index is 5.13. The molecular weight excluding hydrogens is 180 g/mol. The number of hydrogen-bond acceptors (Lipinski definition) is 2. The third kappa shape index (κ3) is 1.25. The molecule has 0 radical (unpaired) electrons. The zero-order valence-electron chi connectivity index (χ0n) is 7.59. The fourth-order valence-electron chi connectivity index (χ4n) is 1.41. The summed E-state index contributed by atoms with van der Waals surface area (Å²) < 4.78 is 0.664. The Morgan fingerprint density at radius 2 is 2.08 bits per heavy atom. The van der Waals surface area contributed by atoms with Crippen LogP contribution in [0.3, 0.4) is 0 Å². The van der Waals surface area contributed by atoms with Gasteiger partial charge in [0.15, 0.2) is 0 Å². The van der Waals surface area contributed by atoms with Gasteiger partial charge in [-0.25, -0.2) is 4.98 Å². The molecule has 3 heteroatoms. The Morgan fingerprint density at radius 3 is 2.85 bits per heavy atom. The summed E-state index contributed by atoms with van der Waals surface area (Å²) in [5.74, 6) is 0. The topological polar surface area (TPSA) is 28.7 Å². The highest BCUT2D eigenvalue weighted by Crippen LogP contribution is 2.18. The summed E-state index contributed by atoms with van der Waals surface area (Å²) in [4.78, 5) is 7.16. The zero-order chi connectivity index (χ0) is 9.42. The first-order valence-corrected chi connectivity index (χ1v) is 4.54. The summed E-state index contributed by atoms with van der Waals surface area (Å²) in [7, 11) is 0. The van der Waals surface area contributed by atoms with Gasteiger partial charge in [-0.1, -0.05) is 18.3 Å². The van der Waals surface area contributed by atoms with E-state index >= 15 is 0 Å². The molecule has 0 fully saturated rings. The van der Waals surface area contributed by atoms with E-state index in [1.807, 2.05) is 6.07 Å². The lowest BCUT2D eigenvalue weighted by Gasteiger charge is -2.04. The van der Waals surface area contributed by atoms with Gasteiger partial charge in [-0.15, -0.1) is 0 Å². The number of H-pyrrole nitrogens is 1. The lowest BCUT2D eigenvalue weighted by molar-refractivity contribution is 1.19. The predicted octanol–water partition coefficient (Wildman–Crippen LogP) is 2.91. The SMILES string of the molecule is Cc1ccc2c(=S)nc[nH]c2c1C. The maximum Gasteiger partial charge on any atom is 0.137 e. The molecule has 1 N–H and O–H groups in total.